The number of ketones is 1. The number of carbonyl (C=O) groups is 1. The number of carbonyl (C=O) groups excluding carboxylic acids is 1. The lowest BCUT2D eigenvalue weighted by atomic mass is 9.99. The average molecular weight is 379 g/mol. The molecule has 0 spiro atoms. The zero-order valence-electron chi connectivity index (χ0n) is 13.0. The van der Waals surface area contributed by atoms with Gasteiger partial charge in [-0.1, -0.05) is 17.7 Å². The molecule has 0 unspecified atom stereocenters. The second-order valence-corrected chi connectivity index (χ2v) is 5.77. The van der Waals surface area contributed by atoms with Crippen molar-refractivity contribution in [3.63, 3.8) is 0 Å². The number of anilines is 1. The van der Waals surface area contributed by atoms with Crippen molar-refractivity contribution in [2.75, 3.05) is 5.73 Å². The van der Waals surface area contributed by atoms with Crippen LogP contribution in [-0.2, 0) is 0 Å². The van der Waals surface area contributed by atoms with Crippen LogP contribution in [0.25, 0.3) is 11.3 Å². The first-order chi connectivity index (χ1) is 12.3. The van der Waals surface area contributed by atoms with Crippen molar-refractivity contribution in [3.05, 3.63) is 87.5 Å². The molecule has 1 heterocycles. The van der Waals surface area contributed by atoms with Crippen LogP contribution in [0.2, 0.25) is 5.02 Å². The molecule has 0 aliphatic rings. The summed E-state index contributed by atoms with van der Waals surface area (Å²) in [6, 6.07) is 7.29. The number of nitrogen functional groups attached to an aromatic ring is 1. The van der Waals surface area contributed by atoms with E-state index < -0.39 is 40.2 Å². The highest BCUT2D eigenvalue weighted by Gasteiger charge is 2.27. The second-order valence-electron chi connectivity index (χ2n) is 5.37. The van der Waals surface area contributed by atoms with Crippen molar-refractivity contribution < 1.29 is 22.7 Å². The standard InChI is InChI=1S/C18H10ClF3N2O2/c19-12-8-9(20)4-5-10(12)18(25)11-6-7-24(26)17(16(11)23)15-13(21)2-1-3-14(15)22/h1-8H,23H2. The number of halogens is 4. The van der Waals surface area contributed by atoms with Crippen LogP contribution in [-0.4, -0.2) is 5.78 Å². The minimum Gasteiger partial charge on any atom is -0.618 e. The number of nitrogens with zero attached hydrogens (tertiary/aromatic N) is 1. The monoisotopic (exact) mass is 378 g/mol. The van der Waals surface area contributed by atoms with Crippen LogP contribution in [0.5, 0.6) is 0 Å². The molecule has 0 radical (unpaired) electrons. The topological polar surface area (TPSA) is 70.0 Å². The Morgan fingerprint density at radius 2 is 1.69 bits per heavy atom. The van der Waals surface area contributed by atoms with Crippen LogP contribution in [0.15, 0.2) is 48.7 Å². The first-order valence-corrected chi connectivity index (χ1v) is 7.65. The Morgan fingerprint density at radius 1 is 1.04 bits per heavy atom. The maximum Gasteiger partial charge on any atom is 0.253 e. The first kappa shape index (κ1) is 17.8. The van der Waals surface area contributed by atoms with E-state index in [-0.39, 0.29) is 20.9 Å². The molecule has 0 atom stereocenters. The van der Waals surface area contributed by atoms with Gasteiger partial charge in [-0.05, 0) is 30.3 Å². The van der Waals surface area contributed by atoms with Crippen LogP contribution in [0.1, 0.15) is 15.9 Å². The lowest BCUT2D eigenvalue weighted by molar-refractivity contribution is -0.593. The number of hydrogen-bond donors (Lipinski definition) is 1. The Balaban J connectivity index is 2.21. The molecule has 3 rings (SSSR count). The van der Waals surface area contributed by atoms with Crippen LogP contribution in [0, 0.1) is 22.7 Å². The predicted octanol–water partition coefficient (Wildman–Crippen LogP) is 3.87. The van der Waals surface area contributed by atoms with Crippen molar-refractivity contribution in [1.82, 2.24) is 0 Å². The second kappa shape index (κ2) is 6.68. The summed E-state index contributed by atoms with van der Waals surface area (Å²) in [7, 11) is 0. The molecule has 8 heteroatoms. The van der Waals surface area contributed by atoms with Crippen molar-refractivity contribution in [2.45, 2.75) is 0 Å². The third-order valence-corrected chi connectivity index (χ3v) is 4.07. The Kier molecular flexibility index (Phi) is 4.56. The SMILES string of the molecule is Nc1c(C(=O)c2ccc(F)cc2Cl)cc[n+]([O-])c1-c1c(F)cccc1F. The summed E-state index contributed by atoms with van der Waals surface area (Å²) in [6.45, 7) is 0. The summed E-state index contributed by atoms with van der Waals surface area (Å²) in [4.78, 5) is 12.7. The molecule has 4 nitrogen and oxygen atoms in total. The van der Waals surface area contributed by atoms with Gasteiger partial charge in [-0.2, -0.15) is 4.73 Å². The van der Waals surface area contributed by atoms with Gasteiger partial charge in [0, 0.05) is 11.6 Å². The van der Waals surface area contributed by atoms with E-state index in [1.165, 1.54) is 0 Å². The smallest absolute Gasteiger partial charge is 0.253 e. The number of aromatic nitrogens is 1. The van der Waals surface area contributed by atoms with Crippen LogP contribution < -0.4 is 10.5 Å². The van der Waals surface area contributed by atoms with Crippen molar-refractivity contribution in [2.24, 2.45) is 0 Å². The summed E-state index contributed by atoms with van der Waals surface area (Å²) >= 11 is 5.88. The number of pyridine rings is 1. The van der Waals surface area contributed by atoms with E-state index in [1.807, 2.05) is 0 Å². The Bertz CT molecular complexity index is 1020. The number of benzene rings is 2. The van der Waals surface area contributed by atoms with Gasteiger partial charge in [-0.15, -0.1) is 0 Å². The minimum atomic E-state index is -1.01. The zero-order chi connectivity index (χ0) is 19.0. The Morgan fingerprint density at radius 3 is 2.31 bits per heavy atom. The van der Waals surface area contributed by atoms with Gasteiger partial charge in [-0.25, -0.2) is 13.2 Å². The van der Waals surface area contributed by atoms with Crippen molar-refractivity contribution >= 4 is 23.1 Å². The van der Waals surface area contributed by atoms with E-state index in [2.05, 4.69) is 0 Å². The van der Waals surface area contributed by atoms with Crippen molar-refractivity contribution in [1.29, 1.82) is 0 Å². The van der Waals surface area contributed by atoms with E-state index in [1.54, 1.807) is 0 Å². The highest BCUT2D eigenvalue weighted by molar-refractivity contribution is 6.35. The van der Waals surface area contributed by atoms with Gasteiger partial charge in [-0.3, -0.25) is 4.79 Å². The summed E-state index contributed by atoms with van der Waals surface area (Å²) in [5.41, 5.74) is 4.01. The molecule has 132 valence electrons. The number of nitrogens with two attached hydrogens (primary N) is 1. The molecular weight excluding hydrogens is 369 g/mol. The molecule has 0 fully saturated rings. The molecule has 0 aliphatic heterocycles. The third kappa shape index (κ3) is 2.97. The first-order valence-electron chi connectivity index (χ1n) is 7.27. The van der Waals surface area contributed by atoms with Gasteiger partial charge in [0.25, 0.3) is 5.69 Å². The van der Waals surface area contributed by atoms with Gasteiger partial charge in [0.05, 0.1) is 10.6 Å². The molecular formula is C18H10ClF3N2O2. The van der Waals surface area contributed by atoms with Gasteiger partial charge in [0.1, 0.15) is 28.7 Å². The quantitative estimate of drug-likeness (QED) is 0.427. The van der Waals surface area contributed by atoms with Crippen LogP contribution in [0.3, 0.4) is 0 Å². The maximum atomic E-state index is 14.1. The summed E-state index contributed by atoms with van der Waals surface area (Å²) in [5.74, 6) is -3.37. The fraction of sp³-hybridized carbons (Fsp3) is 0. The molecule has 2 aromatic carbocycles. The fourth-order valence-electron chi connectivity index (χ4n) is 2.54. The summed E-state index contributed by atoms with van der Waals surface area (Å²) in [6.07, 6.45) is 0.905. The Hall–Kier alpha value is -3.06. The lowest BCUT2D eigenvalue weighted by Gasteiger charge is -2.12. The summed E-state index contributed by atoms with van der Waals surface area (Å²) < 4.78 is 41.5. The van der Waals surface area contributed by atoms with Gasteiger partial charge >= 0.3 is 0 Å². The summed E-state index contributed by atoms with van der Waals surface area (Å²) in [5, 5.41) is 11.9. The van der Waals surface area contributed by atoms with E-state index in [0.717, 1.165) is 48.7 Å². The van der Waals surface area contributed by atoms with E-state index in [0.29, 0.717) is 0 Å². The maximum absolute atomic E-state index is 14.1. The molecule has 1 aromatic heterocycles. The largest absolute Gasteiger partial charge is 0.618 e. The van der Waals surface area contributed by atoms with E-state index in [4.69, 9.17) is 17.3 Å². The van der Waals surface area contributed by atoms with Crippen LogP contribution >= 0.6 is 11.6 Å². The molecule has 0 aliphatic carbocycles. The molecule has 3 aromatic rings. The molecule has 2 N–H and O–H groups in total. The zero-order valence-corrected chi connectivity index (χ0v) is 13.7. The van der Waals surface area contributed by atoms with E-state index >= 15 is 0 Å². The Labute approximate surface area is 150 Å². The highest BCUT2D eigenvalue weighted by Crippen LogP contribution is 2.31. The molecule has 26 heavy (non-hydrogen) atoms. The van der Waals surface area contributed by atoms with Gasteiger partial charge < -0.3 is 10.9 Å². The van der Waals surface area contributed by atoms with Crippen molar-refractivity contribution in [3.8, 4) is 11.3 Å². The van der Waals surface area contributed by atoms with Gasteiger partial charge in [0.2, 0.25) is 0 Å². The number of hydrogen-bond acceptors (Lipinski definition) is 3. The van der Waals surface area contributed by atoms with E-state index in [9.17, 15) is 23.2 Å². The highest BCUT2D eigenvalue weighted by atomic mass is 35.5. The molecule has 0 amide bonds. The predicted molar refractivity (Wildman–Crippen MR) is 90.0 cm³/mol. The molecule has 0 saturated heterocycles. The average Bonchev–Trinajstić information content (AvgIpc) is 2.57. The third-order valence-electron chi connectivity index (χ3n) is 3.76. The van der Waals surface area contributed by atoms with Crippen LogP contribution in [0.4, 0.5) is 18.9 Å². The molecule has 0 saturated carbocycles. The fourth-order valence-corrected chi connectivity index (χ4v) is 2.79. The normalized spacial score (nSPS) is 10.8. The van der Waals surface area contributed by atoms with Gasteiger partial charge in [0.15, 0.2) is 12.0 Å². The number of rotatable bonds is 3. The minimum absolute atomic E-state index is 0.0663. The lowest BCUT2D eigenvalue weighted by Crippen LogP contribution is -2.31. The molecule has 0 bridgehead atoms.